The van der Waals surface area contributed by atoms with Gasteiger partial charge in [-0.25, -0.2) is 9.97 Å². The van der Waals surface area contributed by atoms with Crippen LogP contribution in [0.15, 0.2) is 71.9 Å². The molecular formula is C25H24N8OS. The number of nitrogen functional groups attached to an aromatic ring is 1. The van der Waals surface area contributed by atoms with Crippen molar-refractivity contribution in [2.45, 2.75) is 17.9 Å². The molecule has 0 saturated heterocycles. The van der Waals surface area contributed by atoms with E-state index in [0.29, 0.717) is 30.8 Å². The Morgan fingerprint density at radius 2 is 1.91 bits per heavy atom. The average Bonchev–Trinajstić information content (AvgIpc) is 3.43. The number of rotatable bonds is 9. The second-order valence-electron chi connectivity index (χ2n) is 8.00. The van der Waals surface area contributed by atoms with Gasteiger partial charge in [-0.15, -0.1) is 11.8 Å². The first-order chi connectivity index (χ1) is 17.1. The van der Waals surface area contributed by atoms with Gasteiger partial charge in [-0.1, -0.05) is 12.1 Å². The van der Waals surface area contributed by atoms with Crippen molar-refractivity contribution in [2.75, 3.05) is 12.3 Å². The molecule has 0 bridgehead atoms. The zero-order chi connectivity index (χ0) is 24.2. The molecule has 9 nitrogen and oxygen atoms in total. The number of aromatic nitrogens is 5. The van der Waals surface area contributed by atoms with E-state index in [4.69, 9.17) is 16.1 Å². The van der Waals surface area contributed by atoms with Crippen molar-refractivity contribution in [1.29, 1.82) is 5.41 Å². The van der Waals surface area contributed by atoms with E-state index in [0.717, 1.165) is 38.6 Å². The number of amidine groups is 1. The third-order valence-corrected chi connectivity index (χ3v) is 6.59. The van der Waals surface area contributed by atoms with Crippen LogP contribution in [0.25, 0.3) is 22.1 Å². The first kappa shape index (κ1) is 22.6. The number of benzene rings is 2. The van der Waals surface area contributed by atoms with E-state index in [1.807, 2.05) is 48.5 Å². The summed E-state index contributed by atoms with van der Waals surface area (Å²) in [5.41, 5.74) is 9.82. The predicted molar refractivity (Wildman–Crippen MR) is 138 cm³/mol. The second kappa shape index (κ2) is 9.98. The van der Waals surface area contributed by atoms with Crippen LogP contribution in [0.4, 0.5) is 0 Å². The summed E-state index contributed by atoms with van der Waals surface area (Å²) in [4.78, 5) is 30.2. The lowest BCUT2D eigenvalue weighted by Crippen LogP contribution is -2.29. The van der Waals surface area contributed by atoms with Crippen LogP contribution in [0.1, 0.15) is 17.2 Å². The average molecular weight is 485 g/mol. The van der Waals surface area contributed by atoms with E-state index in [1.54, 1.807) is 18.5 Å². The molecule has 3 heterocycles. The van der Waals surface area contributed by atoms with E-state index >= 15 is 0 Å². The summed E-state index contributed by atoms with van der Waals surface area (Å²) >= 11 is 1.48. The Kier molecular flexibility index (Phi) is 6.44. The Labute approximate surface area is 205 Å². The highest BCUT2D eigenvalue weighted by Gasteiger charge is 2.14. The van der Waals surface area contributed by atoms with Gasteiger partial charge in [0.1, 0.15) is 17.5 Å². The van der Waals surface area contributed by atoms with Crippen LogP contribution in [0.5, 0.6) is 0 Å². The van der Waals surface area contributed by atoms with E-state index in [9.17, 15) is 4.79 Å². The normalized spacial score (nSPS) is 11.2. The summed E-state index contributed by atoms with van der Waals surface area (Å²) in [5, 5.41) is 10.7. The zero-order valence-corrected chi connectivity index (χ0v) is 19.7. The summed E-state index contributed by atoms with van der Waals surface area (Å²) < 4.78 is 2.12. The quantitative estimate of drug-likeness (QED) is 0.144. The molecule has 5 N–H and O–H groups in total. The number of hydrogen-bond donors (Lipinski definition) is 4. The topological polar surface area (TPSA) is 138 Å². The molecule has 0 radical (unpaired) electrons. The van der Waals surface area contributed by atoms with Gasteiger partial charge >= 0.3 is 0 Å². The van der Waals surface area contributed by atoms with Crippen molar-refractivity contribution >= 4 is 45.6 Å². The molecule has 35 heavy (non-hydrogen) atoms. The standard InChI is InChI=1S/C25H24N8OS/c26-25(27)16-5-6-18-20(13-16)31-22(30-18)14-23-32-19-3-1-2-4-21(19)33(23)12-11-29-24(34)15-35-17-7-9-28-10-8-17/h1-10,13H,11-12,14-15H2,(H3,26,27)(H,29,34)(H,30,31). The maximum atomic E-state index is 12.3. The second-order valence-corrected chi connectivity index (χ2v) is 9.04. The molecule has 0 spiro atoms. The number of imidazole rings is 2. The molecule has 3 aromatic heterocycles. The van der Waals surface area contributed by atoms with Gasteiger partial charge < -0.3 is 20.6 Å². The van der Waals surface area contributed by atoms with Gasteiger partial charge in [-0.3, -0.25) is 15.2 Å². The van der Waals surface area contributed by atoms with Gasteiger partial charge in [-0.05, 0) is 42.5 Å². The van der Waals surface area contributed by atoms with Crippen LogP contribution in [0.2, 0.25) is 0 Å². The number of pyridine rings is 1. The zero-order valence-electron chi connectivity index (χ0n) is 18.9. The van der Waals surface area contributed by atoms with Crippen molar-refractivity contribution in [2.24, 2.45) is 5.73 Å². The van der Waals surface area contributed by atoms with Gasteiger partial charge in [0.2, 0.25) is 5.91 Å². The van der Waals surface area contributed by atoms with Crippen LogP contribution in [-0.2, 0) is 17.8 Å². The first-order valence-electron chi connectivity index (χ1n) is 11.1. The Hall–Kier alpha value is -4.18. The molecule has 10 heteroatoms. The van der Waals surface area contributed by atoms with Crippen molar-refractivity contribution in [1.82, 2.24) is 29.8 Å². The number of H-pyrrole nitrogens is 1. The number of amides is 1. The third-order valence-electron chi connectivity index (χ3n) is 5.58. The minimum atomic E-state index is -0.0173. The molecule has 0 aliphatic heterocycles. The van der Waals surface area contributed by atoms with Crippen molar-refractivity contribution in [3.8, 4) is 0 Å². The van der Waals surface area contributed by atoms with Crippen LogP contribution < -0.4 is 11.1 Å². The van der Waals surface area contributed by atoms with Crippen LogP contribution in [-0.4, -0.2) is 48.5 Å². The van der Waals surface area contributed by atoms with Crippen molar-refractivity contribution in [3.63, 3.8) is 0 Å². The molecule has 176 valence electrons. The SMILES string of the molecule is N=C(N)c1ccc2nc(Cc3nc4ccccc4n3CCNC(=O)CSc3ccncc3)[nH]c2c1. The van der Waals surface area contributed by atoms with Gasteiger partial charge in [0.05, 0.1) is 34.2 Å². The highest BCUT2D eigenvalue weighted by atomic mass is 32.2. The Morgan fingerprint density at radius 1 is 1.09 bits per heavy atom. The number of hydrogen-bond acceptors (Lipinski definition) is 6. The van der Waals surface area contributed by atoms with Crippen molar-refractivity contribution in [3.05, 3.63) is 84.2 Å². The maximum Gasteiger partial charge on any atom is 0.230 e. The van der Waals surface area contributed by atoms with Crippen LogP contribution in [0, 0.1) is 5.41 Å². The summed E-state index contributed by atoms with van der Waals surface area (Å²) in [5.74, 6) is 1.98. The molecule has 5 aromatic rings. The molecule has 0 unspecified atom stereocenters. The van der Waals surface area contributed by atoms with E-state index < -0.39 is 0 Å². The molecule has 0 atom stereocenters. The fourth-order valence-electron chi connectivity index (χ4n) is 3.91. The number of carbonyl (C=O) groups excluding carboxylic acids is 1. The smallest absolute Gasteiger partial charge is 0.230 e. The lowest BCUT2D eigenvalue weighted by Gasteiger charge is -2.10. The van der Waals surface area contributed by atoms with Crippen LogP contribution >= 0.6 is 11.8 Å². The fourth-order valence-corrected chi connectivity index (χ4v) is 4.63. The minimum Gasteiger partial charge on any atom is -0.384 e. The molecule has 0 aliphatic rings. The number of para-hydroxylation sites is 2. The molecule has 5 rings (SSSR count). The number of fused-ring (bicyclic) bond motifs is 2. The summed E-state index contributed by atoms with van der Waals surface area (Å²) in [6.07, 6.45) is 3.94. The Bertz CT molecular complexity index is 1510. The number of nitrogens with one attached hydrogen (secondary N) is 3. The molecule has 0 saturated carbocycles. The van der Waals surface area contributed by atoms with Gasteiger partial charge in [0.15, 0.2) is 0 Å². The van der Waals surface area contributed by atoms with Crippen molar-refractivity contribution < 1.29 is 4.79 Å². The predicted octanol–water partition coefficient (Wildman–Crippen LogP) is 3.09. The first-order valence-corrected chi connectivity index (χ1v) is 12.1. The fraction of sp³-hybridized carbons (Fsp3) is 0.160. The van der Waals surface area contributed by atoms with Gasteiger partial charge in [-0.2, -0.15) is 0 Å². The lowest BCUT2D eigenvalue weighted by atomic mass is 10.2. The molecule has 0 fully saturated rings. The largest absolute Gasteiger partial charge is 0.384 e. The highest BCUT2D eigenvalue weighted by molar-refractivity contribution is 8.00. The summed E-state index contributed by atoms with van der Waals surface area (Å²) in [6, 6.07) is 17.2. The highest BCUT2D eigenvalue weighted by Crippen LogP contribution is 2.20. The number of aromatic amines is 1. The van der Waals surface area contributed by atoms with E-state index in [1.165, 1.54) is 11.8 Å². The number of carbonyl (C=O) groups is 1. The molecular weight excluding hydrogens is 460 g/mol. The van der Waals surface area contributed by atoms with E-state index in [-0.39, 0.29) is 11.7 Å². The number of nitrogens with two attached hydrogens (primary N) is 1. The van der Waals surface area contributed by atoms with E-state index in [2.05, 4.69) is 24.8 Å². The monoisotopic (exact) mass is 484 g/mol. The Morgan fingerprint density at radius 3 is 2.74 bits per heavy atom. The maximum absolute atomic E-state index is 12.3. The lowest BCUT2D eigenvalue weighted by molar-refractivity contribution is -0.118. The summed E-state index contributed by atoms with van der Waals surface area (Å²) in [7, 11) is 0. The Balaban J connectivity index is 1.30. The summed E-state index contributed by atoms with van der Waals surface area (Å²) in [6.45, 7) is 1.08. The molecule has 2 aromatic carbocycles. The number of nitrogens with zero attached hydrogens (tertiary/aromatic N) is 4. The van der Waals surface area contributed by atoms with Crippen LogP contribution in [0.3, 0.4) is 0 Å². The minimum absolute atomic E-state index is 0.0173. The van der Waals surface area contributed by atoms with Gasteiger partial charge in [0, 0.05) is 35.9 Å². The van der Waals surface area contributed by atoms with Gasteiger partial charge in [0.25, 0.3) is 0 Å². The third kappa shape index (κ3) is 5.17. The molecule has 0 aliphatic carbocycles. The number of thioether (sulfide) groups is 1. The molecule has 1 amide bonds.